The van der Waals surface area contributed by atoms with Crippen LogP contribution >= 0.6 is 15.9 Å². The molecule has 0 aromatic carbocycles. The third-order valence-electron chi connectivity index (χ3n) is 3.34. The van der Waals surface area contributed by atoms with E-state index in [-0.39, 0.29) is 0 Å². The van der Waals surface area contributed by atoms with Gasteiger partial charge in [0.1, 0.15) is 12.3 Å². The van der Waals surface area contributed by atoms with E-state index in [1.165, 1.54) is 12.8 Å². The normalized spacial score (nSPS) is 22.2. The van der Waals surface area contributed by atoms with Crippen molar-refractivity contribution < 1.29 is 9.57 Å². The van der Waals surface area contributed by atoms with Crippen LogP contribution in [-0.2, 0) is 4.84 Å². The number of nitrogens with zero attached hydrogens (tertiary/aromatic N) is 2. The van der Waals surface area contributed by atoms with E-state index in [0.29, 0.717) is 24.4 Å². The standard InChI is InChI=1S/C13H16BrN3O2/c1-18-13-10(14)4-5-11(16-13)12-15-9(7-19-17-12)6-8-2-3-8/h4-5,8-9H,2-3,6-7H2,1H3,(H,15,17). The largest absolute Gasteiger partial charge is 0.480 e. The molecular formula is C13H16BrN3O2. The summed E-state index contributed by atoms with van der Waals surface area (Å²) in [4.78, 5) is 9.72. The van der Waals surface area contributed by atoms with Crippen molar-refractivity contribution in [1.29, 1.82) is 0 Å². The molecule has 6 heteroatoms. The molecule has 0 spiro atoms. The number of hydrogen-bond donors (Lipinski definition) is 1. The molecule has 1 aliphatic heterocycles. The zero-order valence-corrected chi connectivity index (χ0v) is 12.3. The van der Waals surface area contributed by atoms with Gasteiger partial charge < -0.3 is 14.9 Å². The molecule has 1 aliphatic carbocycles. The topological polar surface area (TPSA) is 55.7 Å². The Morgan fingerprint density at radius 1 is 1.47 bits per heavy atom. The van der Waals surface area contributed by atoms with Crippen LogP contribution in [-0.4, -0.2) is 30.6 Å². The van der Waals surface area contributed by atoms with Crippen LogP contribution in [0.5, 0.6) is 5.88 Å². The fraction of sp³-hybridized carbons (Fsp3) is 0.538. The summed E-state index contributed by atoms with van der Waals surface area (Å²) in [6.45, 7) is 0.633. The van der Waals surface area contributed by atoms with Gasteiger partial charge in [0.2, 0.25) is 5.88 Å². The van der Waals surface area contributed by atoms with Crippen molar-refractivity contribution in [2.24, 2.45) is 11.1 Å². The second kappa shape index (κ2) is 5.36. The van der Waals surface area contributed by atoms with Gasteiger partial charge in [-0.25, -0.2) is 4.98 Å². The molecule has 2 heterocycles. The summed E-state index contributed by atoms with van der Waals surface area (Å²) < 4.78 is 6.02. The lowest BCUT2D eigenvalue weighted by Crippen LogP contribution is -2.42. The van der Waals surface area contributed by atoms with Gasteiger partial charge in [-0.2, -0.15) is 0 Å². The molecule has 0 saturated heterocycles. The minimum absolute atomic E-state index is 0.330. The number of pyridine rings is 1. The number of halogens is 1. The number of rotatable bonds is 4. The van der Waals surface area contributed by atoms with Crippen LogP contribution in [0.25, 0.3) is 0 Å². The highest BCUT2D eigenvalue weighted by Gasteiger charge is 2.28. The van der Waals surface area contributed by atoms with Crippen molar-refractivity contribution in [3.8, 4) is 5.88 Å². The number of oxime groups is 1. The summed E-state index contributed by atoms with van der Waals surface area (Å²) in [7, 11) is 1.60. The third kappa shape index (κ3) is 3.00. The number of ether oxygens (including phenoxy) is 1. The predicted molar refractivity (Wildman–Crippen MR) is 75.2 cm³/mol. The monoisotopic (exact) mass is 325 g/mol. The Morgan fingerprint density at radius 2 is 2.32 bits per heavy atom. The zero-order valence-electron chi connectivity index (χ0n) is 10.7. The SMILES string of the molecule is COc1nc(C2=NOCC(CC3CC3)N2)ccc1Br. The molecule has 3 rings (SSSR count). The molecule has 1 unspecified atom stereocenters. The molecule has 1 saturated carbocycles. The summed E-state index contributed by atoms with van der Waals surface area (Å²) >= 11 is 3.39. The first-order valence-corrected chi connectivity index (χ1v) is 7.23. The van der Waals surface area contributed by atoms with Crippen molar-refractivity contribution in [2.75, 3.05) is 13.7 Å². The predicted octanol–water partition coefficient (Wildman–Crippen LogP) is 2.30. The number of amidine groups is 1. The molecule has 0 amide bonds. The number of methoxy groups -OCH3 is 1. The smallest absolute Gasteiger partial charge is 0.228 e. The summed E-state index contributed by atoms with van der Waals surface area (Å²) in [6.07, 6.45) is 3.83. The van der Waals surface area contributed by atoms with E-state index < -0.39 is 0 Å². The summed E-state index contributed by atoms with van der Waals surface area (Å²) in [6, 6.07) is 4.12. The maximum Gasteiger partial charge on any atom is 0.228 e. The van der Waals surface area contributed by atoms with Gasteiger partial charge in [0.15, 0.2) is 5.84 Å². The van der Waals surface area contributed by atoms with Crippen LogP contribution in [0.4, 0.5) is 0 Å². The first kappa shape index (κ1) is 12.7. The zero-order chi connectivity index (χ0) is 13.2. The van der Waals surface area contributed by atoms with Crippen LogP contribution in [0, 0.1) is 5.92 Å². The first-order valence-electron chi connectivity index (χ1n) is 6.43. The van der Waals surface area contributed by atoms with Gasteiger partial charge in [-0.1, -0.05) is 18.0 Å². The lowest BCUT2D eigenvalue weighted by atomic mass is 10.1. The van der Waals surface area contributed by atoms with E-state index >= 15 is 0 Å². The summed E-state index contributed by atoms with van der Waals surface area (Å²) in [5, 5.41) is 7.46. The maximum absolute atomic E-state index is 5.31. The quantitative estimate of drug-likeness (QED) is 0.922. The third-order valence-corrected chi connectivity index (χ3v) is 3.94. The Morgan fingerprint density at radius 3 is 3.05 bits per heavy atom. The lowest BCUT2D eigenvalue weighted by Gasteiger charge is -2.23. The minimum atomic E-state index is 0.330. The van der Waals surface area contributed by atoms with Crippen LogP contribution in [0.2, 0.25) is 0 Å². The summed E-state index contributed by atoms with van der Waals surface area (Å²) in [5.41, 5.74) is 0.737. The van der Waals surface area contributed by atoms with Crippen molar-refractivity contribution in [1.82, 2.24) is 10.3 Å². The van der Waals surface area contributed by atoms with E-state index in [1.807, 2.05) is 12.1 Å². The maximum atomic E-state index is 5.31. The van der Waals surface area contributed by atoms with E-state index in [9.17, 15) is 0 Å². The Hall–Kier alpha value is -1.30. The first-order chi connectivity index (χ1) is 9.26. The molecule has 1 fully saturated rings. The fourth-order valence-corrected chi connectivity index (χ4v) is 2.54. The van der Waals surface area contributed by atoms with Crippen molar-refractivity contribution in [2.45, 2.75) is 25.3 Å². The van der Waals surface area contributed by atoms with E-state index in [2.05, 4.69) is 31.4 Å². The Balaban J connectivity index is 1.75. The molecule has 5 nitrogen and oxygen atoms in total. The van der Waals surface area contributed by atoms with E-state index in [0.717, 1.165) is 22.5 Å². The second-order valence-corrected chi connectivity index (χ2v) is 5.80. The number of aromatic nitrogens is 1. The average molecular weight is 326 g/mol. The second-order valence-electron chi connectivity index (χ2n) is 4.94. The van der Waals surface area contributed by atoms with Crippen LogP contribution in [0.3, 0.4) is 0 Å². The molecule has 1 atom stereocenters. The molecule has 0 bridgehead atoms. The Labute approximate surface area is 120 Å². The molecule has 0 radical (unpaired) electrons. The summed E-state index contributed by atoms with van der Waals surface area (Å²) in [5.74, 6) is 2.09. The van der Waals surface area contributed by atoms with Crippen LogP contribution in [0.1, 0.15) is 25.0 Å². The van der Waals surface area contributed by atoms with Crippen LogP contribution < -0.4 is 10.1 Å². The Kier molecular flexibility index (Phi) is 3.59. The molecule has 19 heavy (non-hydrogen) atoms. The molecule has 102 valence electrons. The highest BCUT2D eigenvalue weighted by atomic mass is 79.9. The van der Waals surface area contributed by atoms with Crippen molar-refractivity contribution in [3.63, 3.8) is 0 Å². The van der Waals surface area contributed by atoms with E-state index in [4.69, 9.17) is 9.57 Å². The highest BCUT2D eigenvalue weighted by molar-refractivity contribution is 9.10. The Bertz CT molecular complexity index is 503. The number of hydrogen-bond acceptors (Lipinski definition) is 5. The molecule has 1 aromatic heterocycles. The highest BCUT2D eigenvalue weighted by Crippen LogP contribution is 2.34. The van der Waals surface area contributed by atoms with Gasteiger partial charge in [-0.3, -0.25) is 0 Å². The van der Waals surface area contributed by atoms with Gasteiger partial charge in [-0.15, -0.1) is 0 Å². The van der Waals surface area contributed by atoms with Gasteiger partial charge in [0, 0.05) is 0 Å². The number of nitrogens with one attached hydrogen (secondary N) is 1. The minimum Gasteiger partial charge on any atom is -0.480 e. The van der Waals surface area contributed by atoms with E-state index in [1.54, 1.807) is 7.11 Å². The fourth-order valence-electron chi connectivity index (χ4n) is 2.16. The van der Waals surface area contributed by atoms with Crippen molar-refractivity contribution >= 4 is 21.8 Å². The molecular weight excluding hydrogens is 310 g/mol. The van der Waals surface area contributed by atoms with Gasteiger partial charge >= 0.3 is 0 Å². The van der Waals surface area contributed by atoms with Crippen LogP contribution in [0.15, 0.2) is 21.8 Å². The molecule has 2 aliphatic rings. The molecule has 1 aromatic rings. The van der Waals surface area contributed by atoms with Gasteiger partial charge in [0.05, 0.1) is 17.6 Å². The van der Waals surface area contributed by atoms with Gasteiger partial charge in [0.25, 0.3) is 0 Å². The molecule has 1 N–H and O–H groups in total. The lowest BCUT2D eigenvalue weighted by molar-refractivity contribution is 0.105. The average Bonchev–Trinajstić information content (AvgIpc) is 3.23. The van der Waals surface area contributed by atoms with Crippen molar-refractivity contribution in [3.05, 3.63) is 22.3 Å². The van der Waals surface area contributed by atoms with Gasteiger partial charge in [-0.05, 0) is 40.4 Å².